The van der Waals surface area contributed by atoms with E-state index < -0.39 is 15.6 Å². The zero-order chi connectivity index (χ0) is 16.9. The van der Waals surface area contributed by atoms with E-state index in [0.29, 0.717) is 19.4 Å². The number of halogens is 1. The van der Waals surface area contributed by atoms with E-state index in [9.17, 15) is 8.42 Å². The first kappa shape index (κ1) is 20.6. The van der Waals surface area contributed by atoms with Gasteiger partial charge in [-0.25, -0.2) is 13.1 Å². The third-order valence-corrected chi connectivity index (χ3v) is 5.49. The van der Waals surface area contributed by atoms with Crippen LogP contribution in [0.25, 0.3) is 0 Å². The van der Waals surface area contributed by atoms with Crippen molar-refractivity contribution in [2.45, 2.75) is 43.7 Å². The molecule has 6 nitrogen and oxygen atoms in total. The average Bonchev–Trinajstić information content (AvgIpc) is 3.03. The Morgan fingerprint density at radius 3 is 2.42 bits per heavy atom. The van der Waals surface area contributed by atoms with Crippen molar-refractivity contribution < 1.29 is 8.42 Å². The first-order valence-electron chi connectivity index (χ1n) is 7.73. The van der Waals surface area contributed by atoms with E-state index in [1.165, 1.54) is 12.4 Å². The Bertz CT molecular complexity index is 728. The summed E-state index contributed by atoms with van der Waals surface area (Å²) in [6.45, 7) is 4.65. The van der Waals surface area contributed by atoms with Crippen LogP contribution in [-0.4, -0.2) is 30.3 Å². The number of aromatic nitrogens is 2. The molecule has 0 fully saturated rings. The molecule has 0 aliphatic heterocycles. The summed E-state index contributed by atoms with van der Waals surface area (Å²) in [5.41, 5.74) is 6.68. The van der Waals surface area contributed by atoms with E-state index in [2.05, 4.69) is 9.82 Å². The molecule has 24 heavy (non-hydrogen) atoms. The number of benzene rings is 1. The summed E-state index contributed by atoms with van der Waals surface area (Å²) in [4.78, 5) is 0.156. The van der Waals surface area contributed by atoms with Gasteiger partial charge in [-0.05, 0) is 18.4 Å². The molecular formula is C16H25ClN4O2S. The number of nitrogens with two attached hydrogens (primary N) is 1. The minimum absolute atomic E-state index is 0. The maximum atomic E-state index is 12.4. The van der Waals surface area contributed by atoms with Gasteiger partial charge >= 0.3 is 0 Å². The molecule has 1 aromatic heterocycles. The predicted octanol–water partition coefficient (Wildman–Crippen LogP) is 2.15. The first-order chi connectivity index (χ1) is 10.9. The molecule has 0 aliphatic rings. The van der Waals surface area contributed by atoms with Crippen LogP contribution in [0.4, 0.5) is 0 Å². The highest BCUT2D eigenvalue weighted by Gasteiger charge is 2.24. The normalized spacial score (nSPS) is 12.0. The fraction of sp³-hybridized carbons (Fsp3) is 0.438. The molecule has 0 radical (unpaired) electrons. The fourth-order valence-corrected chi connectivity index (χ4v) is 3.25. The maximum absolute atomic E-state index is 12.4. The number of hydrogen-bond donors (Lipinski definition) is 2. The predicted molar refractivity (Wildman–Crippen MR) is 97.7 cm³/mol. The maximum Gasteiger partial charge on any atom is 0.243 e. The molecule has 0 unspecified atom stereocenters. The molecule has 2 rings (SSSR count). The molecule has 134 valence electrons. The number of hydrogen-bond acceptors (Lipinski definition) is 4. The summed E-state index contributed by atoms with van der Waals surface area (Å²) in [6.07, 6.45) is 4.31. The second kappa shape index (κ2) is 8.62. The van der Waals surface area contributed by atoms with Gasteiger partial charge in [-0.2, -0.15) is 5.10 Å². The van der Waals surface area contributed by atoms with E-state index in [0.717, 1.165) is 5.56 Å². The van der Waals surface area contributed by atoms with E-state index in [-0.39, 0.29) is 23.8 Å². The van der Waals surface area contributed by atoms with Gasteiger partial charge in [-0.3, -0.25) is 4.68 Å². The van der Waals surface area contributed by atoms with Gasteiger partial charge in [0, 0.05) is 18.3 Å². The van der Waals surface area contributed by atoms with Crippen molar-refractivity contribution in [3.63, 3.8) is 0 Å². The lowest BCUT2D eigenvalue weighted by Crippen LogP contribution is -2.49. The zero-order valence-electron chi connectivity index (χ0n) is 14.0. The minimum atomic E-state index is -3.60. The summed E-state index contributed by atoms with van der Waals surface area (Å²) >= 11 is 0. The van der Waals surface area contributed by atoms with Gasteiger partial charge in [0.15, 0.2) is 0 Å². The largest absolute Gasteiger partial charge is 0.324 e. The molecule has 1 heterocycles. The quantitative estimate of drug-likeness (QED) is 0.742. The van der Waals surface area contributed by atoms with Crippen LogP contribution in [0, 0.1) is 0 Å². The molecule has 1 aromatic carbocycles. The van der Waals surface area contributed by atoms with E-state index in [1.54, 1.807) is 4.68 Å². The van der Waals surface area contributed by atoms with Crippen LogP contribution < -0.4 is 10.5 Å². The summed E-state index contributed by atoms with van der Waals surface area (Å²) in [5, 5.41) is 4.13. The zero-order valence-corrected chi connectivity index (χ0v) is 15.6. The Balaban J connectivity index is 0.00000288. The Labute approximate surface area is 149 Å². The number of rotatable bonds is 8. The summed E-state index contributed by atoms with van der Waals surface area (Å²) in [7, 11) is -3.60. The van der Waals surface area contributed by atoms with Gasteiger partial charge in [0.1, 0.15) is 4.90 Å². The molecule has 0 atom stereocenters. The molecule has 8 heteroatoms. The molecule has 3 N–H and O–H groups in total. The summed E-state index contributed by atoms with van der Waals surface area (Å²) in [5.74, 6) is 0. The molecular weight excluding hydrogens is 348 g/mol. The van der Waals surface area contributed by atoms with E-state index in [4.69, 9.17) is 5.73 Å². The molecule has 0 amide bonds. The fourth-order valence-electron chi connectivity index (χ4n) is 2.16. The smallest absolute Gasteiger partial charge is 0.243 e. The van der Waals surface area contributed by atoms with Crippen LogP contribution in [0.1, 0.15) is 32.3 Å². The van der Waals surface area contributed by atoms with Crippen molar-refractivity contribution >= 4 is 22.4 Å². The van der Waals surface area contributed by atoms with E-state index >= 15 is 0 Å². The van der Waals surface area contributed by atoms with Crippen molar-refractivity contribution in [2.75, 3.05) is 6.54 Å². The average molecular weight is 373 g/mol. The van der Waals surface area contributed by atoms with Crippen LogP contribution in [0.3, 0.4) is 0 Å². The number of nitrogens with one attached hydrogen (secondary N) is 1. The van der Waals surface area contributed by atoms with Crippen molar-refractivity contribution in [3.8, 4) is 0 Å². The molecule has 0 aliphatic carbocycles. The summed E-state index contributed by atoms with van der Waals surface area (Å²) < 4.78 is 28.9. The lowest BCUT2D eigenvalue weighted by atomic mass is 9.95. The van der Waals surface area contributed by atoms with Gasteiger partial charge in [-0.1, -0.05) is 44.2 Å². The SMILES string of the molecule is CCC(N)(CC)CNS(=O)(=O)c1cnn(Cc2ccccc2)c1.Cl. The highest BCUT2D eigenvalue weighted by atomic mass is 35.5. The van der Waals surface area contributed by atoms with Crippen molar-refractivity contribution in [1.82, 2.24) is 14.5 Å². The summed E-state index contributed by atoms with van der Waals surface area (Å²) in [6, 6.07) is 9.76. The second-order valence-electron chi connectivity index (χ2n) is 5.75. The lowest BCUT2D eigenvalue weighted by molar-refractivity contribution is 0.392. The highest BCUT2D eigenvalue weighted by molar-refractivity contribution is 7.89. The standard InChI is InChI=1S/C16H24N4O2S.ClH/c1-3-16(17,4-2)13-19-23(21,22)15-10-18-20(12-15)11-14-8-6-5-7-9-14;/h5-10,12,19H,3-4,11,13,17H2,1-2H3;1H. The van der Waals surface area contributed by atoms with Crippen LogP contribution in [0.2, 0.25) is 0 Å². The van der Waals surface area contributed by atoms with Crippen molar-refractivity contribution in [2.24, 2.45) is 5.73 Å². The van der Waals surface area contributed by atoms with Crippen LogP contribution >= 0.6 is 12.4 Å². The Morgan fingerprint density at radius 2 is 1.83 bits per heavy atom. The second-order valence-corrected chi connectivity index (χ2v) is 7.52. The minimum Gasteiger partial charge on any atom is -0.324 e. The Morgan fingerprint density at radius 1 is 1.21 bits per heavy atom. The van der Waals surface area contributed by atoms with E-state index in [1.807, 2.05) is 44.2 Å². The Kier molecular flexibility index (Phi) is 7.41. The van der Waals surface area contributed by atoms with Crippen LogP contribution in [0.15, 0.2) is 47.6 Å². The van der Waals surface area contributed by atoms with Gasteiger partial charge in [0.2, 0.25) is 10.0 Å². The monoisotopic (exact) mass is 372 g/mol. The van der Waals surface area contributed by atoms with Crippen molar-refractivity contribution in [1.29, 1.82) is 0 Å². The molecule has 0 saturated heterocycles. The first-order valence-corrected chi connectivity index (χ1v) is 9.22. The third-order valence-electron chi connectivity index (χ3n) is 4.13. The molecule has 0 spiro atoms. The third kappa shape index (κ3) is 5.31. The van der Waals surface area contributed by atoms with Crippen molar-refractivity contribution in [3.05, 3.63) is 48.3 Å². The Hall–Kier alpha value is -1.41. The van der Waals surface area contributed by atoms with Gasteiger partial charge < -0.3 is 5.73 Å². The lowest BCUT2D eigenvalue weighted by Gasteiger charge is -2.26. The molecule has 0 saturated carbocycles. The van der Waals surface area contributed by atoms with Crippen LogP contribution in [-0.2, 0) is 16.6 Å². The van der Waals surface area contributed by atoms with Gasteiger partial charge in [0.25, 0.3) is 0 Å². The molecule has 2 aromatic rings. The van der Waals surface area contributed by atoms with Gasteiger partial charge in [-0.15, -0.1) is 12.4 Å². The number of sulfonamides is 1. The topological polar surface area (TPSA) is 90.0 Å². The van der Waals surface area contributed by atoms with Crippen LogP contribution in [0.5, 0.6) is 0 Å². The highest BCUT2D eigenvalue weighted by Crippen LogP contribution is 2.13. The molecule has 0 bridgehead atoms. The number of nitrogens with zero attached hydrogens (tertiary/aromatic N) is 2. The van der Waals surface area contributed by atoms with Gasteiger partial charge in [0.05, 0.1) is 12.7 Å².